The number of carbonyl (C=O) groups excluding carboxylic acids is 3. The number of nitrogens with one attached hydrogen (secondary N) is 1. The SMILES string of the molecule is CN1OC(CCC(=O)CC(F)(F)F)Cn2nc3c(c2C1=O)CN(C(=O)Nc1ccc(F)c(Cl)c1)CC3. The van der Waals surface area contributed by atoms with Gasteiger partial charge >= 0.3 is 12.2 Å². The summed E-state index contributed by atoms with van der Waals surface area (Å²) >= 11 is 5.77. The first kappa shape index (κ1) is 25.9. The van der Waals surface area contributed by atoms with Gasteiger partial charge < -0.3 is 10.2 Å². The highest BCUT2D eigenvalue weighted by molar-refractivity contribution is 6.31. The van der Waals surface area contributed by atoms with E-state index in [9.17, 15) is 31.9 Å². The molecule has 3 amide bonds. The maximum atomic E-state index is 13.4. The summed E-state index contributed by atoms with van der Waals surface area (Å²) in [6.07, 6.45) is -6.86. The van der Waals surface area contributed by atoms with Crippen molar-refractivity contribution < 1.29 is 36.8 Å². The third-order valence-corrected chi connectivity index (χ3v) is 6.16. The number of urea groups is 1. The molecule has 1 aromatic heterocycles. The molecule has 1 N–H and O–H groups in total. The summed E-state index contributed by atoms with van der Waals surface area (Å²) in [5.41, 5.74) is 1.66. The summed E-state index contributed by atoms with van der Waals surface area (Å²) < 4.78 is 52.2. The fourth-order valence-electron chi connectivity index (χ4n) is 4.17. The van der Waals surface area contributed by atoms with Gasteiger partial charge in [0.1, 0.15) is 29.8 Å². The maximum Gasteiger partial charge on any atom is 0.395 e. The van der Waals surface area contributed by atoms with Crippen LogP contribution in [0.4, 0.5) is 28.0 Å². The zero-order valence-corrected chi connectivity index (χ0v) is 19.8. The van der Waals surface area contributed by atoms with E-state index < -0.39 is 42.2 Å². The molecule has 0 radical (unpaired) electrons. The predicted octanol–water partition coefficient (Wildman–Crippen LogP) is 3.95. The zero-order chi connectivity index (χ0) is 26.2. The average molecular weight is 532 g/mol. The van der Waals surface area contributed by atoms with Crippen LogP contribution in [-0.4, -0.2) is 63.3 Å². The highest BCUT2D eigenvalue weighted by atomic mass is 35.5. The van der Waals surface area contributed by atoms with Crippen LogP contribution in [0.5, 0.6) is 0 Å². The lowest BCUT2D eigenvalue weighted by Crippen LogP contribution is -2.39. The molecule has 1 aromatic carbocycles. The number of hydrogen-bond donors (Lipinski definition) is 1. The average Bonchev–Trinajstić information content (AvgIpc) is 3.09. The Hall–Kier alpha value is -3.19. The van der Waals surface area contributed by atoms with Crippen molar-refractivity contribution in [1.82, 2.24) is 19.7 Å². The van der Waals surface area contributed by atoms with Gasteiger partial charge in [-0.05, 0) is 24.6 Å². The number of alkyl halides is 3. The standard InChI is InChI=1S/C22H22ClF4N5O4/c1-30-20(34)19-15-11-31(21(35)28-12-2-5-17(24)16(23)8-12)7-6-18(15)29-32(19)10-14(36-30)4-3-13(33)9-22(25,26)27/h2,5,8,14H,3-4,6-7,9-11H2,1H3,(H,28,35). The molecular formula is C22H22ClF4N5O4. The first-order valence-corrected chi connectivity index (χ1v) is 11.4. The van der Waals surface area contributed by atoms with Gasteiger partial charge in [-0.3, -0.25) is 19.1 Å². The predicted molar refractivity (Wildman–Crippen MR) is 119 cm³/mol. The molecule has 0 fully saturated rings. The monoisotopic (exact) mass is 531 g/mol. The number of hydroxylamine groups is 2. The van der Waals surface area contributed by atoms with E-state index >= 15 is 0 Å². The smallest absolute Gasteiger partial charge is 0.320 e. The Balaban J connectivity index is 1.47. The van der Waals surface area contributed by atoms with Crippen LogP contribution in [0.15, 0.2) is 18.2 Å². The molecule has 1 atom stereocenters. The molecule has 2 aliphatic rings. The van der Waals surface area contributed by atoms with Crippen molar-refractivity contribution in [2.45, 2.75) is 51.1 Å². The summed E-state index contributed by atoms with van der Waals surface area (Å²) in [5, 5.41) is 7.95. The van der Waals surface area contributed by atoms with Crippen molar-refractivity contribution >= 4 is 35.0 Å². The number of benzene rings is 1. The molecule has 1 unspecified atom stereocenters. The van der Waals surface area contributed by atoms with E-state index in [1.54, 1.807) is 0 Å². The maximum absolute atomic E-state index is 13.4. The molecule has 0 saturated heterocycles. The van der Waals surface area contributed by atoms with Crippen LogP contribution in [0.3, 0.4) is 0 Å². The Labute approximate surface area is 207 Å². The van der Waals surface area contributed by atoms with E-state index in [0.717, 1.165) is 11.1 Å². The Morgan fingerprint density at radius 1 is 1.31 bits per heavy atom. The van der Waals surface area contributed by atoms with Gasteiger partial charge in [0, 0.05) is 37.7 Å². The van der Waals surface area contributed by atoms with E-state index in [-0.39, 0.29) is 36.6 Å². The summed E-state index contributed by atoms with van der Waals surface area (Å²) in [5.74, 6) is -2.11. The molecule has 2 aromatic rings. The van der Waals surface area contributed by atoms with Gasteiger partial charge in [0.05, 0.1) is 23.8 Å². The minimum absolute atomic E-state index is 0.0226. The van der Waals surface area contributed by atoms with Crippen LogP contribution in [0.1, 0.15) is 41.0 Å². The Bertz CT molecular complexity index is 1200. The molecule has 4 rings (SSSR count). The van der Waals surface area contributed by atoms with Gasteiger partial charge in [-0.25, -0.2) is 14.2 Å². The van der Waals surface area contributed by atoms with Crippen molar-refractivity contribution in [1.29, 1.82) is 0 Å². The number of aromatic nitrogens is 2. The molecule has 0 saturated carbocycles. The van der Waals surface area contributed by atoms with Gasteiger partial charge in [0.25, 0.3) is 5.91 Å². The summed E-state index contributed by atoms with van der Waals surface area (Å²) in [7, 11) is 1.37. The van der Waals surface area contributed by atoms with Crippen molar-refractivity contribution in [2.75, 3.05) is 18.9 Å². The summed E-state index contributed by atoms with van der Waals surface area (Å²) in [4.78, 5) is 44.5. The van der Waals surface area contributed by atoms with E-state index in [4.69, 9.17) is 16.4 Å². The molecule has 0 aliphatic carbocycles. The van der Waals surface area contributed by atoms with Gasteiger partial charge in [0.2, 0.25) is 0 Å². The third kappa shape index (κ3) is 5.78. The first-order chi connectivity index (χ1) is 16.9. The Kier molecular flexibility index (Phi) is 7.23. The second-order valence-corrected chi connectivity index (χ2v) is 8.99. The molecule has 14 heteroatoms. The zero-order valence-electron chi connectivity index (χ0n) is 19.1. The van der Waals surface area contributed by atoms with Crippen molar-refractivity contribution in [2.24, 2.45) is 0 Å². The Morgan fingerprint density at radius 3 is 2.75 bits per heavy atom. The molecule has 0 bridgehead atoms. The highest BCUT2D eigenvalue weighted by Crippen LogP contribution is 2.28. The molecule has 9 nitrogen and oxygen atoms in total. The summed E-state index contributed by atoms with van der Waals surface area (Å²) in [6, 6.07) is 3.31. The van der Waals surface area contributed by atoms with Crippen LogP contribution >= 0.6 is 11.6 Å². The van der Waals surface area contributed by atoms with Gasteiger partial charge in [-0.15, -0.1) is 0 Å². The second-order valence-electron chi connectivity index (χ2n) is 8.59. The lowest BCUT2D eigenvalue weighted by atomic mass is 10.0. The van der Waals surface area contributed by atoms with Crippen LogP contribution in [0.2, 0.25) is 5.02 Å². The molecular weight excluding hydrogens is 510 g/mol. The van der Waals surface area contributed by atoms with Crippen LogP contribution in [-0.2, 0) is 29.1 Å². The van der Waals surface area contributed by atoms with E-state index in [2.05, 4.69) is 10.4 Å². The molecule has 2 aliphatic heterocycles. The van der Waals surface area contributed by atoms with Crippen LogP contribution in [0, 0.1) is 5.82 Å². The molecule has 36 heavy (non-hydrogen) atoms. The van der Waals surface area contributed by atoms with E-state index in [1.165, 1.54) is 28.8 Å². The largest absolute Gasteiger partial charge is 0.395 e. The first-order valence-electron chi connectivity index (χ1n) is 11.0. The number of hydrogen-bond acceptors (Lipinski definition) is 5. The lowest BCUT2D eigenvalue weighted by molar-refractivity contribution is -0.159. The van der Waals surface area contributed by atoms with E-state index in [0.29, 0.717) is 29.9 Å². The summed E-state index contributed by atoms with van der Waals surface area (Å²) in [6.45, 7) is 0.428. The lowest BCUT2D eigenvalue weighted by Gasteiger charge is -2.27. The number of Topliss-reactive ketones (excluding diaryl/α,β-unsaturated/α-hetero) is 1. The number of carbonyl (C=O) groups is 3. The van der Waals surface area contributed by atoms with Gasteiger partial charge in [-0.1, -0.05) is 11.6 Å². The quantitative estimate of drug-likeness (QED) is 0.589. The number of fused-ring (bicyclic) bond motifs is 3. The fourth-order valence-corrected chi connectivity index (χ4v) is 4.35. The normalized spacial score (nSPS) is 17.9. The number of nitrogens with zero attached hydrogens (tertiary/aromatic N) is 4. The third-order valence-electron chi connectivity index (χ3n) is 5.87. The van der Waals surface area contributed by atoms with Gasteiger partial charge in [0.15, 0.2) is 0 Å². The fraction of sp³-hybridized carbons (Fsp3) is 0.455. The van der Waals surface area contributed by atoms with Crippen LogP contribution < -0.4 is 5.32 Å². The molecule has 3 heterocycles. The number of amides is 3. The van der Waals surface area contributed by atoms with Crippen molar-refractivity contribution in [3.05, 3.63) is 46.0 Å². The number of anilines is 1. The number of rotatable bonds is 5. The van der Waals surface area contributed by atoms with Crippen molar-refractivity contribution in [3.63, 3.8) is 0 Å². The topological polar surface area (TPSA) is 96.8 Å². The molecule has 194 valence electrons. The number of halogens is 5. The van der Waals surface area contributed by atoms with E-state index in [1.807, 2.05) is 0 Å². The number of ketones is 1. The highest BCUT2D eigenvalue weighted by Gasteiger charge is 2.36. The molecule has 0 spiro atoms. The van der Waals surface area contributed by atoms with Crippen LogP contribution in [0.25, 0.3) is 0 Å². The minimum Gasteiger partial charge on any atom is -0.320 e. The van der Waals surface area contributed by atoms with Crippen molar-refractivity contribution in [3.8, 4) is 0 Å². The Morgan fingerprint density at radius 2 is 2.06 bits per heavy atom. The van der Waals surface area contributed by atoms with Gasteiger partial charge in [-0.2, -0.15) is 18.3 Å². The second kappa shape index (κ2) is 10.1. The minimum atomic E-state index is -4.58.